The van der Waals surface area contributed by atoms with Gasteiger partial charge < -0.3 is 14.9 Å². The summed E-state index contributed by atoms with van der Waals surface area (Å²) in [5.74, 6) is -1.82. The molecule has 82 valence electrons. The highest BCUT2D eigenvalue weighted by atomic mass is 16.6. The topological polar surface area (TPSA) is 83.8 Å². The van der Waals surface area contributed by atoms with Crippen LogP contribution in [0.1, 0.15) is 5.56 Å². The number of ether oxygens (including phenoxy) is 1. The van der Waals surface area contributed by atoms with Crippen molar-refractivity contribution in [2.75, 3.05) is 0 Å². The van der Waals surface area contributed by atoms with Crippen LogP contribution in [0.2, 0.25) is 0 Å². The Labute approximate surface area is 90.6 Å². The zero-order valence-corrected chi connectivity index (χ0v) is 8.08. The molecule has 0 spiro atoms. The van der Waals surface area contributed by atoms with Crippen molar-refractivity contribution in [2.45, 2.75) is 6.10 Å². The van der Waals surface area contributed by atoms with Crippen molar-refractivity contribution < 1.29 is 24.5 Å². The first kappa shape index (κ1) is 10.2. The minimum atomic E-state index is -1.27. The lowest BCUT2D eigenvalue weighted by Crippen LogP contribution is -2.22. The fourth-order valence-corrected chi connectivity index (χ4v) is 1.49. The van der Waals surface area contributed by atoms with Crippen LogP contribution in [0.4, 0.5) is 0 Å². The van der Waals surface area contributed by atoms with Gasteiger partial charge in [0, 0.05) is 11.6 Å². The number of carbonyl (C=O) groups is 2. The molecule has 0 amide bonds. The van der Waals surface area contributed by atoms with Gasteiger partial charge in [-0.2, -0.15) is 0 Å². The molecule has 5 heteroatoms. The summed E-state index contributed by atoms with van der Waals surface area (Å²) in [7, 11) is 0. The first-order valence-electron chi connectivity index (χ1n) is 4.52. The van der Waals surface area contributed by atoms with Crippen LogP contribution in [0.5, 0.6) is 5.75 Å². The fraction of sp³-hybridized carbons (Fsp3) is 0.0909. The van der Waals surface area contributed by atoms with E-state index in [0.717, 1.165) is 6.08 Å². The molecule has 0 aromatic heterocycles. The van der Waals surface area contributed by atoms with Crippen molar-refractivity contribution in [2.24, 2.45) is 0 Å². The van der Waals surface area contributed by atoms with E-state index in [1.165, 1.54) is 24.3 Å². The van der Waals surface area contributed by atoms with Crippen molar-refractivity contribution in [3.8, 4) is 5.75 Å². The quantitative estimate of drug-likeness (QED) is 0.719. The van der Waals surface area contributed by atoms with E-state index >= 15 is 0 Å². The van der Waals surface area contributed by atoms with E-state index in [0.29, 0.717) is 5.56 Å². The molecule has 1 aliphatic rings. The molecule has 1 aromatic carbocycles. The number of carboxylic acids is 1. The van der Waals surface area contributed by atoms with E-state index in [1.807, 2.05) is 0 Å². The molecule has 2 rings (SSSR count). The Balaban J connectivity index is 2.38. The number of aliphatic carboxylic acids is 1. The van der Waals surface area contributed by atoms with Gasteiger partial charge in [-0.3, -0.25) is 0 Å². The summed E-state index contributed by atoms with van der Waals surface area (Å²) < 4.78 is 4.63. The van der Waals surface area contributed by atoms with Crippen molar-refractivity contribution >= 4 is 17.5 Å². The second-order valence-electron chi connectivity index (χ2n) is 3.30. The molecule has 2 N–H and O–H groups in total. The maximum atomic E-state index is 11.0. The number of hydrogen-bond donors (Lipinski definition) is 2. The molecule has 1 atom stereocenters. The Bertz CT molecular complexity index is 472. The van der Waals surface area contributed by atoms with Gasteiger partial charge in [-0.15, -0.1) is 0 Å². The van der Waals surface area contributed by atoms with Crippen LogP contribution >= 0.6 is 0 Å². The van der Waals surface area contributed by atoms with Gasteiger partial charge in [0.15, 0.2) is 0 Å². The number of esters is 1. The standard InChI is InChI=1S/C11H8O5/c12-7-3-1-6(2-4-7)8-5-9(13)16-10(8)11(14)15/h1-5,10,12H,(H,14,15). The largest absolute Gasteiger partial charge is 0.508 e. The molecule has 0 radical (unpaired) electrons. The van der Waals surface area contributed by atoms with Gasteiger partial charge in [0.25, 0.3) is 0 Å². The lowest BCUT2D eigenvalue weighted by molar-refractivity contribution is -0.154. The molecule has 0 aliphatic carbocycles. The van der Waals surface area contributed by atoms with Crippen LogP contribution in [0.15, 0.2) is 30.3 Å². The fourth-order valence-electron chi connectivity index (χ4n) is 1.49. The smallest absolute Gasteiger partial charge is 0.349 e. The van der Waals surface area contributed by atoms with Crippen molar-refractivity contribution in [3.05, 3.63) is 35.9 Å². The van der Waals surface area contributed by atoms with Gasteiger partial charge in [-0.1, -0.05) is 12.1 Å². The summed E-state index contributed by atoms with van der Waals surface area (Å²) in [6.45, 7) is 0. The van der Waals surface area contributed by atoms with Gasteiger partial charge in [-0.05, 0) is 17.7 Å². The predicted molar refractivity (Wildman–Crippen MR) is 53.6 cm³/mol. The first-order valence-corrected chi connectivity index (χ1v) is 4.52. The number of hydrogen-bond acceptors (Lipinski definition) is 4. The number of carboxylic acid groups (broad SMARTS) is 1. The molecule has 0 saturated heterocycles. The highest BCUT2D eigenvalue weighted by molar-refractivity contribution is 6.05. The van der Waals surface area contributed by atoms with E-state index in [-0.39, 0.29) is 11.3 Å². The van der Waals surface area contributed by atoms with Gasteiger partial charge in [-0.25, -0.2) is 9.59 Å². The number of aromatic hydroxyl groups is 1. The Morgan fingerprint density at radius 2 is 1.88 bits per heavy atom. The van der Waals surface area contributed by atoms with Crippen molar-refractivity contribution in [1.82, 2.24) is 0 Å². The average Bonchev–Trinajstić information content (AvgIpc) is 2.61. The molecule has 1 aromatic rings. The number of carbonyl (C=O) groups excluding carboxylic acids is 1. The number of phenols is 1. The zero-order valence-electron chi connectivity index (χ0n) is 8.08. The second-order valence-corrected chi connectivity index (χ2v) is 3.30. The number of benzene rings is 1. The summed E-state index contributed by atoms with van der Waals surface area (Å²) in [5.41, 5.74) is 0.827. The Morgan fingerprint density at radius 1 is 1.25 bits per heavy atom. The SMILES string of the molecule is O=C1C=C(c2ccc(O)cc2)C(C(=O)O)O1. The minimum Gasteiger partial charge on any atom is -0.508 e. The van der Waals surface area contributed by atoms with Gasteiger partial charge in [0.2, 0.25) is 6.10 Å². The zero-order chi connectivity index (χ0) is 11.7. The average molecular weight is 220 g/mol. The minimum absolute atomic E-state index is 0.0708. The molecule has 1 heterocycles. The van der Waals surface area contributed by atoms with E-state index in [2.05, 4.69) is 4.74 Å². The van der Waals surface area contributed by atoms with Crippen molar-refractivity contribution in [3.63, 3.8) is 0 Å². The van der Waals surface area contributed by atoms with Gasteiger partial charge >= 0.3 is 11.9 Å². The third kappa shape index (κ3) is 1.75. The molecule has 1 aliphatic heterocycles. The number of rotatable bonds is 2. The summed E-state index contributed by atoms with van der Waals surface area (Å²) >= 11 is 0. The van der Waals surface area contributed by atoms with Crippen LogP contribution in [0.3, 0.4) is 0 Å². The summed E-state index contributed by atoms with van der Waals surface area (Å²) in [5, 5.41) is 17.9. The van der Waals surface area contributed by atoms with Gasteiger partial charge in [0.1, 0.15) is 5.75 Å². The monoisotopic (exact) mass is 220 g/mol. The van der Waals surface area contributed by atoms with Crippen LogP contribution in [0, 0.1) is 0 Å². The van der Waals surface area contributed by atoms with E-state index in [4.69, 9.17) is 10.2 Å². The molecule has 1 unspecified atom stereocenters. The van der Waals surface area contributed by atoms with Crippen LogP contribution in [-0.4, -0.2) is 28.3 Å². The van der Waals surface area contributed by atoms with Crippen LogP contribution in [-0.2, 0) is 14.3 Å². The lowest BCUT2D eigenvalue weighted by atomic mass is 10.0. The predicted octanol–water partition coefficient (Wildman–Crippen LogP) is 0.786. The Morgan fingerprint density at radius 3 is 2.44 bits per heavy atom. The summed E-state index contributed by atoms with van der Waals surface area (Å²) in [6.07, 6.45) is -0.123. The van der Waals surface area contributed by atoms with Gasteiger partial charge in [0.05, 0.1) is 0 Å². The molecule has 0 saturated carbocycles. The molecule has 0 fully saturated rings. The molecular formula is C11H8O5. The van der Waals surface area contributed by atoms with E-state index in [1.54, 1.807) is 0 Å². The highest BCUT2D eigenvalue weighted by Crippen LogP contribution is 2.27. The summed E-state index contributed by atoms with van der Waals surface area (Å²) in [6, 6.07) is 5.88. The van der Waals surface area contributed by atoms with E-state index < -0.39 is 18.0 Å². The molecule has 5 nitrogen and oxygen atoms in total. The van der Waals surface area contributed by atoms with Crippen molar-refractivity contribution in [1.29, 1.82) is 0 Å². The first-order chi connectivity index (χ1) is 7.58. The highest BCUT2D eigenvalue weighted by Gasteiger charge is 2.33. The Kier molecular flexibility index (Phi) is 2.36. The van der Waals surface area contributed by atoms with Crippen LogP contribution < -0.4 is 0 Å². The van der Waals surface area contributed by atoms with E-state index in [9.17, 15) is 9.59 Å². The number of phenolic OH excluding ortho intramolecular Hbond substituents is 1. The normalized spacial score (nSPS) is 19.1. The molecule has 16 heavy (non-hydrogen) atoms. The maximum absolute atomic E-state index is 11.0. The molecular weight excluding hydrogens is 212 g/mol. The Hall–Kier alpha value is -2.30. The maximum Gasteiger partial charge on any atom is 0.349 e. The lowest BCUT2D eigenvalue weighted by Gasteiger charge is -2.09. The summed E-state index contributed by atoms with van der Waals surface area (Å²) in [4.78, 5) is 21.8. The van der Waals surface area contributed by atoms with Crippen LogP contribution in [0.25, 0.3) is 5.57 Å². The second kappa shape index (κ2) is 3.69. The third-order valence-electron chi connectivity index (χ3n) is 2.21. The third-order valence-corrected chi connectivity index (χ3v) is 2.21. The molecule has 0 bridgehead atoms. The number of cyclic esters (lactones) is 1.